The summed E-state index contributed by atoms with van der Waals surface area (Å²) in [6.07, 6.45) is 10.3. The van der Waals surface area contributed by atoms with Gasteiger partial charge in [0.2, 0.25) is 0 Å². The molecule has 0 amide bonds. The number of rotatable bonds is 8. The van der Waals surface area contributed by atoms with Crippen molar-refractivity contribution in [2.24, 2.45) is 0 Å². The molecule has 1 fully saturated rings. The lowest BCUT2D eigenvalue weighted by Crippen LogP contribution is -2.33. The number of fused-ring (bicyclic) bond motifs is 2. The van der Waals surface area contributed by atoms with Crippen molar-refractivity contribution in [3.8, 4) is 6.07 Å². The molecule has 0 radical (unpaired) electrons. The number of nitriles is 1. The Balaban J connectivity index is 0.00000336. The molecule has 1 aliphatic carbocycles. The van der Waals surface area contributed by atoms with Gasteiger partial charge in [0.25, 0.3) is 0 Å². The zero-order valence-corrected chi connectivity index (χ0v) is 23.5. The maximum Gasteiger partial charge on any atom is 0.0823 e. The first-order valence-corrected chi connectivity index (χ1v) is 14.1. The first-order chi connectivity index (χ1) is 18.2. The third-order valence-electron chi connectivity index (χ3n) is 8.07. The normalized spacial score (nSPS) is 16.4. The summed E-state index contributed by atoms with van der Waals surface area (Å²) in [7, 11) is 0. The summed E-state index contributed by atoms with van der Waals surface area (Å²) in [6.45, 7) is 3.18. The molecule has 1 unspecified atom stereocenters. The molecule has 0 spiro atoms. The highest BCUT2D eigenvalue weighted by Gasteiger charge is 2.31. The fourth-order valence-electron chi connectivity index (χ4n) is 6.06. The lowest BCUT2D eigenvalue weighted by molar-refractivity contribution is 0.244. The standard InChI is InChI=1S/C34H35ClN2.ClH/c35-22-8-20-34(26-36,30-12-2-1-3-13-30)21-9-23-37-24-18-29(19-25-37)33-31-14-6-4-10-27(31)16-17-28-11-5-7-15-32(28)33;/h1-7,10-17H,8-9,18-25H2;1H. The fraction of sp³-hybridized carbons (Fsp3) is 0.324. The quantitative estimate of drug-likeness (QED) is 0.208. The van der Waals surface area contributed by atoms with E-state index < -0.39 is 5.41 Å². The Hall–Kier alpha value is -2.83. The second kappa shape index (κ2) is 13.3. The van der Waals surface area contributed by atoms with Crippen molar-refractivity contribution in [2.75, 3.05) is 25.5 Å². The number of nitrogens with zero attached hydrogens (tertiary/aromatic N) is 2. The van der Waals surface area contributed by atoms with E-state index in [2.05, 4.69) is 83.8 Å². The van der Waals surface area contributed by atoms with Gasteiger partial charge in [-0.25, -0.2) is 0 Å². The van der Waals surface area contributed by atoms with E-state index in [9.17, 15) is 5.26 Å². The summed E-state index contributed by atoms with van der Waals surface area (Å²) in [5, 5.41) is 10.2. The van der Waals surface area contributed by atoms with Gasteiger partial charge in [0.15, 0.2) is 0 Å². The van der Waals surface area contributed by atoms with Crippen LogP contribution in [0.2, 0.25) is 0 Å². The molecular formula is C34H36Cl2N2. The molecule has 3 aromatic rings. The van der Waals surface area contributed by atoms with Crippen LogP contribution in [0.15, 0.2) is 84.4 Å². The number of likely N-dealkylation sites (tertiary alicyclic amines) is 1. The monoisotopic (exact) mass is 542 g/mol. The Morgan fingerprint density at radius 3 is 1.89 bits per heavy atom. The minimum Gasteiger partial charge on any atom is -0.303 e. The Kier molecular flexibility index (Phi) is 9.86. The van der Waals surface area contributed by atoms with Gasteiger partial charge in [-0.2, -0.15) is 5.26 Å². The van der Waals surface area contributed by atoms with Gasteiger partial charge in [-0.15, -0.1) is 24.0 Å². The van der Waals surface area contributed by atoms with Crippen molar-refractivity contribution >= 4 is 41.7 Å². The molecule has 1 atom stereocenters. The molecule has 0 aromatic heterocycles. The number of alkyl halides is 1. The summed E-state index contributed by atoms with van der Waals surface area (Å²) < 4.78 is 0. The Morgan fingerprint density at radius 1 is 0.763 bits per heavy atom. The van der Waals surface area contributed by atoms with Crippen LogP contribution in [0.3, 0.4) is 0 Å². The average Bonchev–Trinajstić information content (AvgIpc) is 3.13. The smallest absolute Gasteiger partial charge is 0.0823 e. The molecule has 38 heavy (non-hydrogen) atoms. The number of hydrogen-bond acceptors (Lipinski definition) is 2. The van der Waals surface area contributed by atoms with Crippen LogP contribution in [-0.2, 0) is 5.41 Å². The van der Waals surface area contributed by atoms with Crippen LogP contribution in [-0.4, -0.2) is 30.4 Å². The van der Waals surface area contributed by atoms with Crippen LogP contribution in [0.1, 0.15) is 66.3 Å². The first kappa shape index (κ1) is 28.2. The van der Waals surface area contributed by atoms with Crippen LogP contribution >= 0.6 is 24.0 Å². The van der Waals surface area contributed by atoms with Gasteiger partial charge in [-0.3, -0.25) is 0 Å². The molecule has 2 nitrogen and oxygen atoms in total. The van der Waals surface area contributed by atoms with Crippen molar-refractivity contribution in [1.29, 1.82) is 5.26 Å². The molecule has 1 saturated heterocycles. The molecule has 0 N–H and O–H groups in total. The molecule has 5 rings (SSSR count). The van der Waals surface area contributed by atoms with E-state index in [1.165, 1.54) is 27.8 Å². The van der Waals surface area contributed by atoms with Gasteiger partial charge in [0, 0.05) is 19.0 Å². The van der Waals surface area contributed by atoms with Crippen molar-refractivity contribution in [3.05, 3.63) is 112 Å². The largest absolute Gasteiger partial charge is 0.303 e. The molecule has 1 heterocycles. The molecule has 0 bridgehead atoms. The van der Waals surface area contributed by atoms with Crippen molar-refractivity contribution < 1.29 is 0 Å². The van der Waals surface area contributed by atoms with E-state index in [4.69, 9.17) is 11.6 Å². The summed E-state index contributed by atoms with van der Waals surface area (Å²) in [6, 6.07) is 30.6. The summed E-state index contributed by atoms with van der Waals surface area (Å²) in [5.74, 6) is 0.599. The SMILES string of the molecule is Cl.N#CC(CCCCl)(CCCN1CCC(=C2c3ccccc3C=Cc3ccccc32)CC1)c1ccccc1. The average molecular weight is 544 g/mol. The van der Waals surface area contributed by atoms with Gasteiger partial charge >= 0.3 is 0 Å². The third kappa shape index (κ3) is 6.08. The number of hydrogen-bond donors (Lipinski definition) is 0. The molecular weight excluding hydrogens is 507 g/mol. The zero-order valence-electron chi connectivity index (χ0n) is 21.9. The summed E-state index contributed by atoms with van der Waals surface area (Å²) in [5.41, 5.74) is 9.00. The topological polar surface area (TPSA) is 27.0 Å². The minimum atomic E-state index is -0.445. The second-order valence-electron chi connectivity index (χ2n) is 10.3. The summed E-state index contributed by atoms with van der Waals surface area (Å²) >= 11 is 6.03. The number of piperidine rings is 1. The maximum atomic E-state index is 10.2. The van der Waals surface area contributed by atoms with Crippen LogP contribution in [0, 0.1) is 11.3 Å². The Morgan fingerprint density at radius 2 is 1.32 bits per heavy atom. The minimum absolute atomic E-state index is 0. The zero-order chi connectivity index (χ0) is 25.5. The highest BCUT2D eigenvalue weighted by atomic mass is 35.5. The molecule has 4 heteroatoms. The third-order valence-corrected chi connectivity index (χ3v) is 8.34. The van der Waals surface area contributed by atoms with E-state index in [1.807, 2.05) is 18.2 Å². The Bertz CT molecular complexity index is 1260. The highest BCUT2D eigenvalue weighted by molar-refractivity contribution is 6.17. The maximum absolute atomic E-state index is 10.2. The van der Waals surface area contributed by atoms with E-state index in [1.54, 1.807) is 5.57 Å². The van der Waals surface area contributed by atoms with E-state index in [0.29, 0.717) is 5.88 Å². The van der Waals surface area contributed by atoms with E-state index in [0.717, 1.165) is 63.7 Å². The number of benzene rings is 3. The van der Waals surface area contributed by atoms with Crippen LogP contribution in [0.4, 0.5) is 0 Å². The summed E-state index contributed by atoms with van der Waals surface area (Å²) in [4.78, 5) is 2.59. The highest BCUT2D eigenvalue weighted by Crippen LogP contribution is 2.39. The molecule has 0 saturated carbocycles. The molecule has 1 aliphatic heterocycles. The first-order valence-electron chi connectivity index (χ1n) is 13.6. The van der Waals surface area contributed by atoms with Gasteiger partial charge in [-0.1, -0.05) is 96.6 Å². The van der Waals surface area contributed by atoms with E-state index in [-0.39, 0.29) is 12.4 Å². The second-order valence-corrected chi connectivity index (χ2v) is 10.7. The lowest BCUT2D eigenvalue weighted by Gasteiger charge is -2.32. The molecule has 2 aliphatic rings. The van der Waals surface area contributed by atoms with Gasteiger partial charge < -0.3 is 4.90 Å². The predicted octanol–water partition coefficient (Wildman–Crippen LogP) is 8.75. The van der Waals surface area contributed by atoms with Gasteiger partial charge in [0.05, 0.1) is 11.5 Å². The van der Waals surface area contributed by atoms with E-state index >= 15 is 0 Å². The molecule has 3 aromatic carbocycles. The van der Waals surface area contributed by atoms with Crippen molar-refractivity contribution in [3.63, 3.8) is 0 Å². The van der Waals surface area contributed by atoms with Crippen LogP contribution in [0.5, 0.6) is 0 Å². The van der Waals surface area contributed by atoms with Crippen molar-refractivity contribution in [1.82, 2.24) is 4.90 Å². The Labute approximate surface area is 239 Å². The molecule has 196 valence electrons. The van der Waals surface area contributed by atoms with Crippen molar-refractivity contribution in [2.45, 2.75) is 43.9 Å². The lowest BCUT2D eigenvalue weighted by atomic mass is 9.74. The van der Waals surface area contributed by atoms with Crippen LogP contribution in [0.25, 0.3) is 17.7 Å². The predicted molar refractivity (Wildman–Crippen MR) is 164 cm³/mol. The van der Waals surface area contributed by atoms with Gasteiger partial charge in [-0.05, 0) is 78.5 Å². The fourth-order valence-corrected chi connectivity index (χ4v) is 6.20. The van der Waals surface area contributed by atoms with Crippen LogP contribution < -0.4 is 0 Å². The van der Waals surface area contributed by atoms with Gasteiger partial charge in [0.1, 0.15) is 0 Å². The number of halogens is 2.